The lowest BCUT2D eigenvalue weighted by Crippen LogP contribution is -2.34. The van der Waals surface area contributed by atoms with Gasteiger partial charge >= 0.3 is 5.97 Å². The average molecular weight is 336 g/mol. The molecule has 1 heterocycles. The Balaban J connectivity index is 1.76. The Hall–Kier alpha value is -2.77. The first-order valence-electron chi connectivity index (χ1n) is 7.47. The molecule has 1 amide bonds. The Morgan fingerprint density at radius 3 is 2.75 bits per heavy atom. The number of rotatable bonds is 7. The molecule has 0 saturated carbocycles. The van der Waals surface area contributed by atoms with Crippen molar-refractivity contribution in [3.63, 3.8) is 0 Å². The number of carbonyl (C=O) groups is 2. The lowest BCUT2D eigenvalue weighted by molar-refractivity contribution is -0.153. The van der Waals surface area contributed by atoms with Gasteiger partial charge in [0.2, 0.25) is 13.4 Å². The fraction of sp³-hybridized carbons (Fsp3) is 0.438. The molecule has 1 aliphatic rings. The van der Waals surface area contributed by atoms with Crippen molar-refractivity contribution < 1.29 is 28.6 Å². The fourth-order valence-electron chi connectivity index (χ4n) is 1.91. The Labute approximate surface area is 139 Å². The molecule has 1 aliphatic heterocycles. The molecule has 2 rings (SSSR count). The van der Waals surface area contributed by atoms with E-state index >= 15 is 0 Å². The maximum atomic E-state index is 11.5. The maximum absolute atomic E-state index is 11.5. The van der Waals surface area contributed by atoms with Crippen molar-refractivity contribution in [3.8, 4) is 11.5 Å². The third-order valence-corrected chi connectivity index (χ3v) is 2.99. The van der Waals surface area contributed by atoms with Crippen LogP contribution < -0.4 is 14.8 Å². The van der Waals surface area contributed by atoms with Crippen molar-refractivity contribution in [2.75, 3.05) is 20.0 Å². The SMILES string of the molecule is C/C(=N/OCC(=O)OCC(=O)NC(C)C)c1ccc2c(c1)OCO2. The van der Waals surface area contributed by atoms with Crippen LogP contribution in [0.15, 0.2) is 23.4 Å². The molecule has 0 saturated heterocycles. The largest absolute Gasteiger partial charge is 0.454 e. The first kappa shape index (κ1) is 17.6. The Morgan fingerprint density at radius 1 is 1.25 bits per heavy atom. The molecular weight excluding hydrogens is 316 g/mol. The molecule has 0 bridgehead atoms. The van der Waals surface area contributed by atoms with Crippen molar-refractivity contribution in [1.29, 1.82) is 0 Å². The van der Waals surface area contributed by atoms with Gasteiger partial charge in [0.15, 0.2) is 18.1 Å². The number of hydrogen-bond acceptors (Lipinski definition) is 7. The molecule has 1 aromatic carbocycles. The molecule has 0 atom stereocenters. The number of hydrogen-bond donors (Lipinski definition) is 1. The number of oxime groups is 1. The first-order valence-corrected chi connectivity index (χ1v) is 7.47. The molecule has 0 aromatic heterocycles. The summed E-state index contributed by atoms with van der Waals surface area (Å²) in [6, 6.07) is 5.35. The van der Waals surface area contributed by atoms with E-state index in [0.29, 0.717) is 17.2 Å². The summed E-state index contributed by atoms with van der Waals surface area (Å²) in [5.41, 5.74) is 1.35. The minimum atomic E-state index is -0.670. The van der Waals surface area contributed by atoms with Crippen LogP contribution in [-0.4, -0.2) is 43.6 Å². The number of esters is 1. The molecule has 0 fully saturated rings. The highest BCUT2D eigenvalue weighted by Crippen LogP contribution is 2.32. The van der Waals surface area contributed by atoms with E-state index in [1.54, 1.807) is 19.1 Å². The number of amides is 1. The molecule has 130 valence electrons. The third kappa shape index (κ3) is 5.15. The van der Waals surface area contributed by atoms with Crippen LogP contribution in [0.2, 0.25) is 0 Å². The highest BCUT2D eigenvalue weighted by atomic mass is 16.7. The lowest BCUT2D eigenvalue weighted by Gasteiger charge is -2.08. The number of nitrogens with one attached hydrogen (secondary N) is 1. The van der Waals surface area contributed by atoms with Crippen LogP contribution in [0.1, 0.15) is 26.3 Å². The summed E-state index contributed by atoms with van der Waals surface area (Å²) in [5.74, 6) is 0.280. The zero-order valence-corrected chi connectivity index (χ0v) is 13.8. The van der Waals surface area contributed by atoms with E-state index in [0.717, 1.165) is 5.56 Å². The van der Waals surface area contributed by atoms with Gasteiger partial charge in [-0.05, 0) is 39.0 Å². The first-order chi connectivity index (χ1) is 11.5. The molecule has 0 radical (unpaired) electrons. The van der Waals surface area contributed by atoms with Crippen LogP contribution in [0, 0.1) is 0 Å². The predicted octanol–water partition coefficient (Wildman–Crippen LogP) is 1.22. The summed E-state index contributed by atoms with van der Waals surface area (Å²) in [6.07, 6.45) is 0. The molecule has 0 aliphatic carbocycles. The molecule has 1 N–H and O–H groups in total. The second kappa shape index (κ2) is 8.19. The van der Waals surface area contributed by atoms with Crippen LogP contribution in [0.4, 0.5) is 0 Å². The van der Waals surface area contributed by atoms with Gasteiger partial charge in [-0.25, -0.2) is 4.79 Å². The zero-order chi connectivity index (χ0) is 17.5. The summed E-state index contributed by atoms with van der Waals surface area (Å²) in [7, 11) is 0. The normalized spacial score (nSPS) is 12.9. The van der Waals surface area contributed by atoms with Crippen molar-refractivity contribution in [2.24, 2.45) is 5.16 Å². The monoisotopic (exact) mass is 336 g/mol. The van der Waals surface area contributed by atoms with Gasteiger partial charge < -0.3 is 24.4 Å². The van der Waals surface area contributed by atoms with Crippen molar-refractivity contribution in [1.82, 2.24) is 5.32 Å². The second-order valence-corrected chi connectivity index (χ2v) is 5.40. The van der Waals surface area contributed by atoms with E-state index in [4.69, 9.17) is 19.0 Å². The van der Waals surface area contributed by atoms with Crippen LogP contribution in [0.25, 0.3) is 0 Å². The molecule has 1 aromatic rings. The molecule has 0 spiro atoms. The van der Waals surface area contributed by atoms with Crippen molar-refractivity contribution >= 4 is 17.6 Å². The van der Waals surface area contributed by atoms with Crippen LogP contribution >= 0.6 is 0 Å². The van der Waals surface area contributed by atoms with Gasteiger partial charge in [-0.15, -0.1) is 0 Å². The van der Waals surface area contributed by atoms with Gasteiger partial charge in [0.25, 0.3) is 5.91 Å². The smallest absolute Gasteiger partial charge is 0.347 e. The second-order valence-electron chi connectivity index (χ2n) is 5.40. The quantitative estimate of drug-likeness (QED) is 0.457. The van der Waals surface area contributed by atoms with E-state index in [-0.39, 0.29) is 32.0 Å². The molecule has 24 heavy (non-hydrogen) atoms. The van der Waals surface area contributed by atoms with E-state index in [1.165, 1.54) is 0 Å². The van der Waals surface area contributed by atoms with Gasteiger partial charge in [-0.2, -0.15) is 0 Å². The topological polar surface area (TPSA) is 95.5 Å². The van der Waals surface area contributed by atoms with Gasteiger partial charge in [0, 0.05) is 11.6 Å². The number of fused-ring (bicyclic) bond motifs is 1. The summed E-state index contributed by atoms with van der Waals surface area (Å²) in [5, 5.41) is 6.46. The molecular formula is C16H20N2O6. The number of nitrogens with zero attached hydrogens (tertiary/aromatic N) is 1. The lowest BCUT2D eigenvalue weighted by atomic mass is 10.1. The van der Waals surface area contributed by atoms with E-state index < -0.39 is 5.97 Å². The average Bonchev–Trinajstić information content (AvgIpc) is 2.99. The zero-order valence-electron chi connectivity index (χ0n) is 13.8. The molecule has 8 nitrogen and oxygen atoms in total. The molecule has 8 heteroatoms. The predicted molar refractivity (Wildman–Crippen MR) is 85.0 cm³/mol. The summed E-state index contributed by atoms with van der Waals surface area (Å²) < 4.78 is 15.3. The Kier molecular flexibility index (Phi) is 6.00. The molecule has 0 unspecified atom stereocenters. The van der Waals surface area contributed by atoms with E-state index in [1.807, 2.05) is 19.9 Å². The van der Waals surface area contributed by atoms with Gasteiger partial charge in [0.1, 0.15) is 0 Å². The Morgan fingerprint density at radius 2 is 2.00 bits per heavy atom. The Bertz CT molecular complexity index is 641. The van der Waals surface area contributed by atoms with E-state index in [2.05, 4.69) is 10.5 Å². The van der Waals surface area contributed by atoms with Gasteiger partial charge in [0.05, 0.1) is 5.71 Å². The standard InChI is InChI=1S/C16H20N2O6/c1-10(2)17-15(19)7-21-16(20)8-24-18-11(3)12-4-5-13-14(6-12)23-9-22-13/h4-6,10H,7-9H2,1-3H3,(H,17,19)/b18-11-. The fourth-order valence-corrected chi connectivity index (χ4v) is 1.91. The minimum absolute atomic E-state index is 0.0126. The minimum Gasteiger partial charge on any atom is -0.454 e. The number of carbonyl (C=O) groups excluding carboxylic acids is 2. The van der Waals surface area contributed by atoms with Gasteiger partial charge in [-0.3, -0.25) is 4.79 Å². The number of benzene rings is 1. The highest BCUT2D eigenvalue weighted by molar-refractivity contribution is 5.99. The third-order valence-electron chi connectivity index (χ3n) is 2.99. The summed E-state index contributed by atoms with van der Waals surface area (Å²) in [4.78, 5) is 27.8. The van der Waals surface area contributed by atoms with E-state index in [9.17, 15) is 9.59 Å². The van der Waals surface area contributed by atoms with Crippen molar-refractivity contribution in [2.45, 2.75) is 26.8 Å². The maximum Gasteiger partial charge on any atom is 0.347 e. The van der Waals surface area contributed by atoms with Crippen molar-refractivity contribution in [3.05, 3.63) is 23.8 Å². The van der Waals surface area contributed by atoms with Crippen LogP contribution in [-0.2, 0) is 19.2 Å². The summed E-state index contributed by atoms with van der Waals surface area (Å²) >= 11 is 0. The van der Waals surface area contributed by atoms with Crippen LogP contribution in [0.3, 0.4) is 0 Å². The van der Waals surface area contributed by atoms with Gasteiger partial charge in [-0.1, -0.05) is 5.16 Å². The van der Waals surface area contributed by atoms with Crippen LogP contribution in [0.5, 0.6) is 11.5 Å². The highest BCUT2D eigenvalue weighted by Gasteiger charge is 2.14. The number of ether oxygens (including phenoxy) is 3. The summed E-state index contributed by atoms with van der Waals surface area (Å²) in [6.45, 7) is 4.84.